The van der Waals surface area contributed by atoms with Crippen LogP contribution in [0.25, 0.3) is 0 Å². The molecule has 0 unspecified atom stereocenters. The number of carbonyl (C=O) groups is 3. The van der Waals surface area contributed by atoms with Crippen molar-refractivity contribution in [3.8, 4) is 0 Å². The van der Waals surface area contributed by atoms with E-state index < -0.39 is 34.0 Å². The summed E-state index contributed by atoms with van der Waals surface area (Å²) in [7, 11) is -2.48. The van der Waals surface area contributed by atoms with E-state index in [2.05, 4.69) is 10.0 Å². The van der Waals surface area contributed by atoms with Gasteiger partial charge in [-0.2, -0.15) is 0 Å². The van der Waals surface area contributed by atoms with Crippen LogP contribution < -0.4 is 15.4 Å². The number of urea groups is 1. The molecule has 0 radical (unpaired) electrons. The zero-order valence-corrected chi connectivity index (χ0v) is 15.9. The zero-order valence-electron chi connectivity index (χ0n) is 15.1. The molecule has 2 rings (SSSR count). The van der Waals surface area contributed by atoms with Crippen LogP contribution in [0.15, 0.2) is 59.5 Å². The Bertz CT molecular complexity index is 959. The topological polar surface area (TPSA) is 131 Å². The van der Waals surface area contributed by atoms with Gasteiger partial charge in [0.25, 0.3) is 15.9 Å². The van der Waals surface area contributed by atoms with Gasteiger partial charge in [0, 0.05) is 12.7 Å². The summed E-state index contributed by atoms with van der Waals surface area (Å²) in [6.45, 7) is 1.30. The van der Waals surface area contributed by atoms with Gasteiger partial charge >= 0.3 is 12.0 Å². The van der Waals surface area contributed by atoms with Crippen molar-refractivity contribution < 1.29 is 27.5 Å². The zero-order chi connectivity index (χ0) is 20.7. The summed E-state index contributed by atoms with van der Waals surface area (Å²) in [5, 5.41) is 4.18. The Hall–Kier alpha value is -3.40. The van der Waals surface area contributed by atoms with Crippen LogP contribution in [0.5, 0.6) is 0 Å². The minimum atomic E-state index is -3.82. The first-order valence-corrected chi connectivity index (χ1v) is 9.63. The van der Waals surface area contributed by atoms with Crippen molar-refractivity contribution in [2.75, 3.05) is 11.8 Å². The molecule has 2 aromatic rings. The first-order chi connectivity index (χ1) is 13.2. The van der Waals surface area contributed by atoms with Gasteiger partial charge in [0.15, 0.2) is 6.10 Å². The van der Waals surface area contributed by atoms with Crippen LogP contribution in [0.4, 0.5) is 10.5 Å². The maximum atomic E-state index is 12.4. The highest BCUT2D eigenvalue weighted by molar-refractivity contribution is 7.92. The summed E-state index contributed by atoms with van der Waals surface area (Å²) in [4.78, 5) is 34.9. The van der Waals surface area contributed by atoms with E-state index in [1.807, 2.05) is 5.32 Å². The van der Waals surface area contributed by atoms with Crippen LogP contribution in [0.3, 0.4) is 0 Å². The van der Waals surface area contributed by atoms with Gasteiger partial charge in [0.1, 0.15) is 0 Å². The number of nitrogens with one attached hydrogen (secondary N) is 3. The lowest BCUT2D eigenvalue weighted by Crippen LogP contribution is -2.43. The monoisotopic (exact) mass is 405 g/mol. The molecule has 10 heteroatoms. The van der Waals surface area contributed by atoms with Gasteiger partial charge in [-0.3, -0.25) is 14.8 Å². The van der Waals surface area contributed by atoms with E-state index in [1.165, 1.54) is 38.2 Å². The van der Waals surface area contributed by atoms with Gasteiger partial charge in [0.2, 0.25) is 0 Å². The Balaban J connectivity index is 2.04. The molecular formula is C18H19N3O6S. The molecule has 0 fully saturated rings. The molecule has 0 aliphatic heterocycles. The summed E-state index contributed by atoms with van der Waals surface area (Å²) in [5.74, 6) is -1.63. The largest absolute Gasteiger partial charge is 0.449 e. The third-order valence-electron chi connectivity index (χ3n) is 3.54. The van der Waals surface area contributed by atoms with Gasteiger partial charge in [-0.25, -0.2) is 18.0 Å². The van der Waals surface area contributed by atoms with E-state index in [-0.39, 0.29) is 10.5 Å². The Morgan fingerprint density at radius 2 is 1.57 bits per heavy atom. The van der Waals surface area contributed by atoms with Crippen molar-refractivity contribution in [3.05, 3.63) is 60.2 Å². The van der Waals surface area contributed by atoms with Crippen molar-refractivity contribution in [3.63, 3.8) is 0 Å². The maximum Gasteiger partial charge on any atom is 0.338 e. The molecule has 0 aromatic heterocycles. The standard InChI is InChI=1S/C18H19N3O6S/c1-12(16(22)20-18(24)19-2)27-17(23)13-8-10-15(11-9-13)28(25,26)21-14-6-4-3-5-7-14/h3-12,21H,1-2H3,(H2,19,20,22,24)/t12-/m1/s1. The van der Waals surface area contributed by atoms with E-state index in [4.69, 9.17) is 4.74 Å². The molecule has 1 atom stereocenters. The number of benzene rings is 2. The average Bonchev–Trinajstić information content (AvgIpc) is 2.68. The number of esters is 1. The lowest BCUT2D eigenvalue weighted by molar-refractivity contribution is -0.127. The van der Waals surface area contributed by atoms with Gasteiger partial charge in [-0.05, 0) is 43.3 Å². The molecule has 3 amide bonds. The van der Waals surface area contributed by atoms with Crippen LogP contribution in [0, 0.1) is 0 Å². The molecule has 0 bridgehead atoms. The van der Waals surface area contributed by atoms with Crippen molar-refractivity contribution in [2.24, 2.45) is 0 Å². The van der Waals surface area contributed by atoms with E-state index in [0.717, 1.165) is 0 Å². The number of hydrogen-bond donors (Lipinski definition) is 3. The number of carbonyl (C=O) groups excluding carboxylic acids is 3. The quantitative estimate of drug-likeness (QED) is 0.624. The third kappa shape index (κ3) is 5.55. The highest BCUT2D eigenvalue weighted by Gasteiger charge is 2.21. The fraction of sp³-hybridized carbons (Fsp3) is 0.167. The molecular weight excluding hydrogens is 386 g/mol. The van der Waals surface area contributed by atoms with Crippen molar-refractivity contribution in [1.29, 1.82) is 0 Å². The molecule has 3 N–H and O–H groups in total. The molecule has 0 saturated heterocycles. The number of para-hydroxylation sites is 1. The van der Waals surface area contributed by atoms with Crippen molar-refractivity contribution in [1.82, 2.24) is 10.6 Å². The summed E-state index contributed by atoms with van der Waals surface area (Å²) < 4.78 is 32.1. The molecule has 2 aromatic carbocycles. The second-order valence-corrected chi connectivity index (χ2v) is 7.29. The Morgan fingerprint density at radius 3 is 2.14 bits per heavy atom. The fourth-order valence-electron chi connectivity index (χ4n) is 2.05. The maximum absolute atomic E-state index is 12.4. The van der Waals surface area contributed by atoms with Gasteiger partial charge in [-0.15, -0.1) is 0 Å². The van der Waals surface area contributed by atoms with Crippen molar-refractivity contribution in [2.45, 2.75) is 17.9 Å². The number of anilines is 1. The number of amides is 3. The molecule has 0 aliphatic carbocycles. The van der Waals surface area contributed by atoms with E-state index in [9.17, 15) is 22.8 Å². The lowest BCUT2D eigenvalue weighted by Gasteiger charge is -2.13. The summed E-state index contributed by atoms with van der Waals surface area (Å²) in [5.41, 5.74) is 0.459. The SMILES string of the molecule is CNC(=O)NC(=O)[C@@H](C)OC(=O)c1ccc(S(=O)(=O)Nc2ccccc2)cc1. The average molecular weight is 405 g/mol. The van der Waals surface area contributed by atoms with Crippen LogP contribution in [-0.2, 0) is 19.6 Å². The van der Waals surface area contributed by atoms with Gasteiger partial charge < -0.3 is 10.1 Å². The molecule has 148 valence electrons. The summed E-state index contributed by atoms with van der Waals surface area (Å²) >= 11 is 0. The lowest BCUT2D eigenvalue weighted by atomic mass is 10.2. The van der Waals surface area contributed by atoms with Crippen LogP contribution >= 0.6 is 0 Å². The highest BCUT2D eigenvalue weighted by Crippen LogP contribution is 2.17. The minimum Gasteiger partial charge on any atom is -0.449 e. The first kappa shape index (κ1) is 20.9. The molecule has 28 heavy (non-hydrogen) atoms. The summed E-state index contributed by atoms with van der Waals surface area (Å²) in [6, 6.07) is 12.7. The number of hydrogen-bond acceptors (Lipinski definition) is 6. The molecule has 0 saturated carbocycles. The second-order valence-electron chi connectivity index (χ2n) is 5.61. The van der Waals surface area contributed by atoms with Gasteiger partial charge in [0.05, 0.1) is 10.5 Å². The van der Waals surface area contributed by atoms with Crippen LogP contribution in [-0.4, -0.2) is 39.5 Å². The minimum absolute atomic E-state index is 0.0432. The van der Waals surface area contributed by atoms with Crippen LogP contribution in [0.1, 0.15) is 17.3 Å². The normalized spacial score (nSPS) is 11.8. The van der Waals surface area contributed by atoms with Crippen molar-refractivity contribution >= 4 is 33.6 Å². The Labute approximate surface area is 162 Å². The number of imide groups is 1. The smallest absolute Gasteiger partial charge is 0.338 e. The number of rotatable bonds is 6. The van der Waals surface area contributed by atoms with Crippen LogP contribution in [0.2, 0.25) is 0 Å². The second kappa shape index (κ2) is 9.00. The molecule has 0 heterocycles. The molecule has 0 spiro atoms. The van der Waals surface area contributed by atoms with E-state index >= 15 is 0 Å². The Kier molecular flexibility index (Phi) is 6.72. The predicted molar refractivity (Wildman–Crippen MR) is 101 cm³/mol. The van der Waals surface area contributed by atoms with E-state index in [0.29, 0.717) is 5.69 Å². The first-order valence-electron chi connectivity index (χ1n) is 8.14. The molecule has 0 aliphatic rings. The van der Waals surface area contributed by atoms with E-state index in [1.54, 1.807) is 30.3 Å². The van der Waals surface area contributed by atoms with Gasteiger partial charge in [-0.1, -0.05) is 18.2 Å². The Morgan fingerprint density at radius 1 is 0.964 bits per heavy atom. The number of sulfonamides is 1. The molecule has 9 nitrogen and oxygen atoms in total. The highest BCUT2D eigenvalue weighted by atomic mass is 32.2. The predicted octanol–water partition coefficient (Wildman–Crippen LogP) is 1.49. The third-order valence-corrected chi connectivity index (χ3v) is 4.94. The fourth-order valence-corrected chi connectivity index (χ4v) is 3.11. The number of ether oxygens (including phenoxy) is 1. The summed E-state index contributed by atoms with van der Waals surface area (Å²) in [6.07, 6.45) is -1.21.